The van der Waals surface area contributed by atoms with Crippen molar-refractivity contribution in [2.75, 3.05) is 32.0 Å². The molecule has 1 heterocycles. The van der Waals surface area contributed by atoms with Gasteiger partial charge in [0.25, 0.3) is 0 Å². The van der Waals surface area contributed by atoms with E-state index in [1.807, 2.05) is 4.90 Å². The first-order chi connectivity index (χ1) is 9.16. The fourth-order valence-electron chi connectivity index (χ4n) is 1.90. The van der Waals surface area contributed by atoms with Crippen LogP contribution in [-0.2, 0) is 9.53 Å². The average molecular weight is 285 g/mol. The minimum Gasteiger partial charge on any atom is -0.479 e. The van der Waals surface area contributed by atoms with E-state index in [1.165, 1.54) is 17.8 Å². The first-order valence-corrected chi connectivity index (χ1v) is 7.09. The number of nitrogens with zero attached hydrogens (tertiary/aromatic N) is 1. The summed E-state index contributed by atoms with van der Waals surface area (Å²) in [5, 5.41) is 8.89. The molecule has 2 rings (SSSR count). The Hall–Kier alpha value is -1.11. The molecule has 0 amide bonds. The van der Waals surface area contributed by atoms with Gasteiger partial charge in [0.2, 0.25) is 0 Å². The lowest BCUT2D eigenvalue weighted by Crippen LogP contribution is -2.46. The maximum absolute atomic E-state index is 13.4. The van der Waals surface area contributed by atoms with Crippen LogP contribution >= 0.6 is 11.8 Å². The molecule has 0 aromatic heterocycles. The topological polar surface area (TPSA) is 49.8 Å². The molecule has 1 N–H and O–H groups in total. The van der Waals surface area contributed by atoms with Gasteiger partial charge in [0.1, 0.15) is 5.82 Å². The second-order valence-corrected chi connectivity index (χ2v) is 5.41. The number of hydrogen-bond donors (Lipinski definition) is 1. The summed E-state index contributed by atoms with van der Waals surface area (Å²) in [6, 6.07) is 6.66. The SMILES string of the molecule is O=C(O)C1CN(CCSc2ccccc2F)CCO1. The van der Waals surface area contributed by atoms with Crippen LogP contribution in [0.4, 0.5) is 4.39 Å². The monoisotopic (exact) mass is 285 g/mol. The minimum atomic E-state index is -0.925. The van der Waals surface area contributed by atoms with E-state index in [1.54, 1.807) is 18.2 Å². The van der Waals surface area contributed by atoms with Crippen molar-refractivity contribution in [1.82, 2.24) is 4.90 Å². The van der Waals surface area contributed by atoms with E-state index < -0.39 is 12.1 Å². The van der Waals surface area contributed by atoms with Gasteiger partial charge in [-0.05, 0) is 12.1 Å². The van der Waals surface area contributed by atoms with E-state index in [2.05, 4.69) is 0 Å². The molecule has 1 aliphatic heterocycles. The summed E-state index contributed by atoms with van der Waals surface area (Å²) in [7, 11) is 0. The molecule has 0 saturated carbocycles. The van der Waals surface area contributed by atoms with Crippen LogP contribution in [0.3, 0.4) is 0 Å². The van der Waals surface area contributed by atoms with Gasteiger partial charge < -0.3 is 9.84 Å². The maximum Gasteiger partial charge on any atom is 0.334 e. The quantitative estimate of drug-likeness (QED) is 0.835. The van der Waals surface area contributed by atoms with Gasteiger partial charge in [0.05, 0.1) is 6.61 Å². The Morgan fingerprint density at radius 1 is 1.53 bits per heavy atom. The minimum absolute atomic E-state index is 0.210. The second-order valence-electron chi connectivity index (χ2n) is 4.28. The molecule has 0 radical (unpaired) electrons. The number of ether oxygens (including phenoxy) is 1. The van der Waals surface area contributed by atoms with E-state index in [0.29, 0.717) is 18.0 Å². The Balaban J connectivity index is 1.77. The molecule has 1 aromatic carbocycles. The molecule has 0 aliphatic carbocycles. The molecular weight excluding hydrogens is 269 g/mol. The molecule has 0 bridgehead atoms. The summed E-state index contributed by atoms with van der Waals surface area (Å²) >= 11 is 1.45. The van der Waals surface area contributed by atoms with Gasteiger partial charge in [0.15, 0.2) is 6.10 Å². The summed E-state index contributed by atoms with van der Waals surface area (Å²) in [5.41, 5.74) is 0. The molecule has 1 fully saturated rings. The van der Waals surface area contributed by atoms with Gasteiger partial charge in [-0.15, -0.1) is 11.8 Å². The lowest BCUT2D eigenvalue weighted by molar-refractivity contribution is -0.155. The first-order valence-electron chi connectivity index (χ1n) is 6.11. The highest BCUT2D eigenvalue weighted by molar-refractivity contribution is 7.99. The number of rotatable bonds is 5. The van der Waals surface area contributed by atoms with Crippen LogP contribution in [0, 0.1) is 5.82 Å². The standard InChI is InChI=1S/C13H16FNO3S/c14-10-3-1-2-4-12(10)19-8-6-15-5-7-18-11(9-15)13(16)17/h1-4,11H,5-9H2,(H,16,17). The van der Waals surface area contributed by atoms with E-state index in [4.69, 9.17) is 9.84 Å². The molecule has 1 aromatic rings. The lowest BCUT2D eigenvalue weighted by atomic mass is 10.3. The molecule has 19 heavy (non-hydrogen) atoms. The largest absolute Gasteiger partial charge is 0.479 e. The third kappa shape index (κ3) is 4.19. The normalized spacial score (nSPS) is 20.4. The van der Waals surface area contributed by atoms with Crippen LogP contribution in [0.5, 0.6) is 0 Å². The van der Waals surface area contributed by atoms with Crippen molar-refractivity contribution in [3.05, 3.63) is 30.1 Å². The number of carbonyl (C=O) groups is 1. The van der Waals surface area contributed by atoms with E-state index in [0.717, 1.165) is 18.8 Å². The van der Waals surface area contributed by atoms with E-state index in [9.17, 15) is 9.18 Å². The highest BCUT2D eigenvalue weighted by atomic mass is 32.2. The zero-order chi connectivity index (χ0) is 13.7. The number of aliphatic carboxylic acids is 1. The fourth-order valence-corrected chi connectivity index (χ4v) is 2.85. The third-order valence-electron chi connectivity index (χ3n) is 2.93. The highest BCUT2D eigenvalue weighted by Gasteiger charge is 2.25. The molecule has 6 heteroatoms. The van der Waals surface area contributed by atoms with Gasteiger partial charge in [-0.25, -0.2) is 9.18 Å². The number of carboxylic acids is 1. The first kappa shape index (κ1) is 14.3. The van der Waals surface area contributed by atoms with Gasteiger partial charge in [-0.2, -0.15) is 0 Å². The summed E-state index contributed by atoms with van der Waals surface area (Å²) in [6.45, 7) is 2.28. The van der Waals surface area contributed by atoms with Crippen molar-refractivity contribution >= 4 is 17.7 Å². The van der Waals surface area contributed by atoms with Crippen LogP contribution in [0.15, 0.2) is 29.2 Å². The molecule has 0 spiro atoms. The third-order valence-corrected chi connectivity index (χ3v) is 3.96. The van der Waals surface area contributed by atoms with Crippen molar-refractivity contribution in [2.24, 2.45) is 0 Å². The van der Waals surface area contributed by atoms with Gasteiger partial charge >= 0.3 is 5.97 Å². The second kappa shape index (κ2) is 6.88. The molecule has 1 atom stereocenters. The molecule has 1 aliphatic rings. The van der Waals surface area contributed by atoms with Gasteiger partial charge in [-0.1, -0.05) is 12.1 Å². The van der Waals surface area contributed by atoms with E-state index in [-0.39, 0.29) is 5.82 Å². The average Bonchev–Trinajstić information content (AvgIpc) is 2.41. The number of hydrogen-bond acceptors (Lipinski definition) is 4. The van der Waals surface area contributed by atoms with Crippen molar-refractivity contribution in [1.29, 1.82) is 0 Å². The zero-order valence-electron chi connectivity index (χ0n) is 10.4. The smallest absolute Gasteiger partial charge is 0.334 e. The number of thioether (sulfide) groups is 1. The molecule has 1 unspecified atom stereocenters. The van der Waals surface area contributed by atoms with Gasteiger partial charge in [0, 0.05) is 30.3 Å². The van der Waals surface area contributed by atoms with Crippen molar-refractivity contribution < 1.29 is 19.0 Å². The van der Waals surface area contributed by atoms with Gasteiger partial charge in [-0.3, -0.25) is 4.90 Å². The number of carboxylic acid groups (broad SMARTS) is 1. The van der Waals surface area contributed by atoms with Crippen LogP contribution in [0.1, 0.15) is 0 Å². The van der Waals surface area contributed by atoms with Crippen LogP contribution in [-0.4, -0.2) is 54.1 Å². The maximum atomic E-state index is 13.4. The molecule has 1 saturated heterocycles. The van der Waals surface area contributed by atoms with E-state index >= 15 is 0 Å². The van der Waals surface area contributed by atoms with Crippen LogP contribution in [0.2, 0.25) is 0 Å². The Morgan fingerprint density at radius 3 is 3.05 bits per heavy atom. The molecule has 4 nitrogen and oxygen atoms in total. The lowest BCUT2D eigenvalue weighted by Gasteiger charge is -2.30. The number of morpholine rings is 1. The van der Waals surface area contributed by atoms with Crippen LogP contribution < -0.4 is 0 Å². The number of halogens is 1. The van der Waals surface area contributed by atoms with Crippen LogP contribution in [0.25, 0.3) is 0 Å². The summed E-state index contributed by atoms with van der Waals surface area (Å²) in [4.78, 5) is 13.5. The Kier molecular flexibility index (Phi) is 5.18. The Labute approximate surface area is 115 Å². The highest BCUT2D eigenvalue weighted by Crippen LogP contribution is 2.21. The van der Waals surface area contributed by atoms with Crippen molar-refractivity contribution in [3.8, 4) is 0 Å². The number of benzene rings is 1. The fraction of sp³-hybridized carbons (Fsp3) is 0.462. The zero-order valence-corrected chi connectivity index (χ0v) is 11.2. The predicted molar refractivity (Wildman–Crippen MR) is 70.9 cm³/mol. The summed E-state index contributed by atoms with van der Waals surface area (Å²) in [5.74, 6) is -0.405. The van der Waals surface area contributed by atoms with Crippen molar-refractivity contribution in [3.63, 3.8) is 0 Å². The van der Waals surface area contributed by atoms with Crippen molar-refractivity contribution in [2.45, 2.75) is 11.0 Å². The Bertz CT molecular complexity index is 444. The summed E-state index contributed by atoms with van der Waals surface area (Å²) < 4.78 is 18.5. The molecule has 104 valence electrons. The Morgan fingerprint density at radius 2 is 2.32 bits per heavy atom. The molecular formula is C13H16FNO3S. The predicted octanol–water partition coefficient (Wildman–Crippen LogP) is 1.70. The summed E-state index contributed by atoms with van der Waals surface area (Å²) in [6.07, 6.45) is -0.743.